The number of furan rings is 1. The summed E-state index contributed by atoms with van der Waals surface area (Å²) < 4.78 is 38.7. The lowest BCUT2D eigenvalue weighted by Gasteiger charge is -2.30. The molecule has 2 N–H and O–H groups in total. The van der Waals surface area contributed by atoms with Gasteiger partial charge >= 0.3 is 5.97 Å². The minimum atomic E-state index is -3.86. The molecule has 1 saturated heterocycles. The topological polar surface area (TPSA) is 106 Å². The van der Waals surface area contributed by atoms with Gasteiger partial charge in [0.25, 0.3) is 0 Å². The second-order valence-electron chi connectivity index (χ2n) is 5.60. The van der Waals surface area contributed by atoms with E-state index in [0.29, 0.717) is 19.4 Å². The zero-order chi connectivity index (χ0) is 17.0. The summed E-state index contributed by atoms with van der Waals surface area (Å²) in [6.45, 7) is 4.24. The largest absolute Gasteiger partial charge is 0.475 e. The van der Waals surface area contributed by atoms with Gasteiger partial charge in [-0.2, -0.15) is 0 Å². The monoisotopic (exact) mass is 345 g/mol. The van der Waals surface area contributed by atoms with Crippen LogP contribution < -0.4 is 4.72 Å². The molecule has 0 aliphatic carbocycles. The molecule has 2 heterocycles. The number of rotatable bonds is 7. The smallest absolute Gasteiger partial charge is 0.371 e. The molecule has 1 aromatic heterocycles. The first kappa shape index (κ1) is 18.0. The number of nitrogens with one attached hydrogen (secondary N) is 1. The van der Waals surface area contributed by atoms with Gasteiger partial charge < -0.3 is 14.3 Å². The van der Waals surface area contributed by atoms with Gasteiger partial charge in [-0.3, -0.25) is 0 Å². The third kappa shape index (κ3) is 4.13. The van der Waals surface area contributed by atoms with Crippen LogP contribution in [0.5, 0.6) is 0 Å². The molecule has 23 heavy (non-hydrogen) atoms. The first-order valence-corrected chi connectivity index (χ1v) is 9.37. The van der Waals surface area contributed by atoms with Gasteiger partial charge in [-0.15, -0.1) is 0 Å². The fourth-order valence-corrected chi connectivity index (χ4v) is 4.35. The van der Waals surface area contributed by atoms with E-state index in [-0.39, 0.29) is 28.6 Å². The Bertz CT molecular complexity index is 645. The average Bonchev–Trinajstić information content (AvgIpc) is 2.99. The van der Waals surface area contributed by atoms with E-state index in [4.69, 9.17) is 14.3 Å². The lowest BCUT2D eigenvalue weighted by atomic mass is 10.0. The van der Waals surface area contributed by atoms with Crippen molar-refractivity contribution < 1.29 is 27.5 Å². The summed E-state index contributed by atoms with van der Waals surface area (Å²) in [7, 11) is -3.86. The van der Waals surface area contributed by atoms with Crippen LogP contribution in [-0.2, 0) is 21.2 Å². The molecule has 0 spiro atoms. The summed E-state index contributed by atoms with van der Waals surface area (Å²) in [6.07, 6.45) is 3.55. The van der Waals surface area contributed by atoms with Crippen LogP contribution in [0.2, 0.25) is 0 Å². The SMILES string of the molecule is CCc1oc(C(=O)O)cc1S(=O)(=O)NC(CC)C1CCCCO1. The number of sulfonamides is 1. The van der Waals surface area contributed by atoms with Gasteiger partial charge in [-0.1, -0.05) is 13.8 Å². The highest BCUT2D eigenvalue weighted by atomic mass is 32.2. The van der Waals surface area contributed by atoms with Crippen molar-refractivity contribution in [2.24, 2.45) is 0 Å². The highest BCUT2D eigenvalue weighted by Crippen LogP contribution is 2.24. The minimum Gasteiger partial charge on any atom is -0.475 e. The van der Waals surface area contributed by atoms with E-state index in [0.717, 1.165) is 25.3 Å². The molecule has 1 fully saturated rings. The number of aromatic carboxylic acids is 1. The zero-order valence-electron chi connectivity index (χ0n) is 13.4. The van der Waals surface area contributed by atoms with E-state index in [1.54, 1.807) is 6.92 Å². The number of aryl methyl sites for hydroxylation is 1. The molecule has 8 heteroatoms. The molecule has 2 atom stereocenters. The predicted octanol–water partition coefficient (Wildman–Crippen LogP) is 2.17. The minimum absolute atomic E-state index is 0.105. The lowest BCUT2D eigenvalue weighted by Crippen LogP contribution is -2.45. The van der Waals surface area contributed by atoms with Crippen molar-refractivity contribution in [2.75, 3.05) is 6.61 Å². The Balaban J connectivity index is 2.24. The van der Waals surface area contributed by atoms with Gasteiger partial charge in [-0.05, 0) is 25.7 Å². The van der Waals surface area contributed by atoms with Crippen LogP contribution in [0.4, 0.5) is 0 Å². The van der Waals surface area contributed by atoms with Gasteiger partial charge in [0.2, 0.25) is 15.8 Å². The maximum atomic E-state index is 12.6. The fraction of sp³-hybridized carbons (Fsp3) is 0.667. The maximum Gasteiger partial charge on any atom is 0.371 e. The first-order valence-electron chi connectivity index (χ1n) is 7.89. The van der Waals surface area contributed by atoms with Gasteiger partial charge in [0.15, 0.2) is 0 Å². The summed E-state index contributed by atoms with van der Waals surface area (Å²) >= 11 is 0. The molecule has 1 aromatic rings. The number of carbonyl (C=O) groups is 1. The lowest BCUT2D eigenvalue weighted by molar-refractivity contribution is -0.00356. The molecule has 130 valence electrons. The van der Waals surface area contributed by atoms with Crippen LogP contribution in [0, 0.1) is 0 Å². The third-order valence-corrected chi connectivity index (χ3v) is 5.54. The standard InChI is InChI=1S/C15H23NO6S/c1-3-10(12-7-5-6-8-21-12)16-23(19,20)14-9-13(15(17)18)22-11(14)4-2/h9-10,12,16H,3-8H2,1-2H3,(H,17,18). The van der Waals surface area contributed by atoms with Crippen molar-refractivity contribution in [3.8, 4) is 0 Å². The number of carboxylic acid groups (broad SMARTS) is 1. The van der Waals surface area contributed by atoms with Crippen molar-refractivity contribution in [1.29, 1.82) is 0 Å². The molecule has 0 bridgehead atoms. The van der Waals surface area contributed by atoms with Crippen LogP contribution in [-0.4, -0.2) is 38.2 Å². The summed E-state index contributed by atoms with van der Waals surface area (Å²) in [6, 6.07) is 0.728. The van der Waals surface area contributed by atoms with Gasteiger partial charge in [-0.25, -0.2) is 17.9 Å². The van der Waals surface area contributed by atoms with E-state index in [2.05, 4.69) is 4.72 Å². The van der Waals surface area contributed by atoms with Crippen molar-refractivity contribution in [1.82, 2.24) is 4.72 Å². The Morgan fingerprint density at radius 2 is 2.17 bits per heavy atom. The summed E-state index contributed by atoms with van der Waals surface area (Å²) in [5, 5.41) is 8.99. The average molecular weight is 345 g/mol. The quantitative estimate of drug-likeness (QED) is 0.784. The molecule has 2 unspecified atom stereocenters. The maximum absolute atomic E-state index is 12.6. The van der Waals surface area contributed by atoms with Crippen molar-refractivity contribution in [2.45, 2.75) is 63.0 Å². The van der Waals surface area contributed by atoms with Crippen LogP contribution in [0.3, 0.4) is 0 Å². The Morgan fingerprint density at radius 1 is 1.43 bits per heavy atom. The van der Waals surface area contributed by atoms with E-state index in [1.807, 2.05) is 6.92 Å². The second kappa shape index (κ2) is 7.46. The summed E-state index contributed by atoms with van der Waals surface area (Å²) in [4.78, 5) is 10.9. The molecule has 1 aliphatic heterocycles. The molecular formula is C15H23NO6S. The predicted molar refractivity (Wildman–Crippen MR) is 83.0 cm³/mol. The molecule has 2 rings (SSSR count). The van der Waals surface area contributed by atoms with Gasteiger partial charge in [0.05, 0.1) is 6.10 Å². The first-order chi connectivity index (χ1) is 10.9. The van der Waals surface area contributed by atoms with E-state index in [9.17, 15) is 13.2 Å². The number of hydrogen-bond donors (Lipinski definition) is 2. The second-order valence-corrected chi connectivity index (χ2v) is 7.28. The molecule has 0 amide bonds. The number of hydrogen-bond acceptors (Lipinski definition) is 5. The number of ether oxygens (including phenoxy) is 1. The molecule has 0 radical (unpaired) electrons. The van der Waals surface area contributed by atoms with Crippen molar-refractivity contribution in [3.05, 3.63) is 17.6 Å². The van der Waals surface area contributed by atoms with Crippen LogP contribution >= 0.6 is 0 Å². The highest BCUT2D eigenvalue weighted by molar-refractivity contribution is 7.89. The van der Waals surface area contributed by atoms with E-state index >= 15 is 0 Å². The molecule has 7 nitrogen and oxygen atoms in total. The van der Waals surface area contributed by atoms with Crippen molar-refractivity contribution >= 4 is 16.0 Å². The van der Waals surface area contributed by atoms with Gasteiger partial charge in [0, 0.05) is 25.1 Å². The Kier molecular flexibility index (Phi) is 5.83. The van der Waals surface area contributed by atoms with Crippen LogP contribution in [0.1, 0.15) is 55.8 Å². The Morgan fingerprint density at radius 3 is 2.70 bits per heavy atom. The zero-order valence-corrected chi connectivity index (χ0v) is 14.2. The summed E-state index contributed by atoms with van der Waals surface area (Å²) in [5.41, 5.74) is 0. The van der Waals surface area contributed by atoms with Crippen molar-refractivity contribution in [3.63, 3.8) is 0 Å². The highest BCUT2D eigenvalue weighted by Gasteiger charge is 2.31. The van der Waals surface area contributed by atoms with Crippen LogP contribution in [0.25, 0.3) is 0 Å². The third-order valence-electron chi connectivity index (χ3n) is 4.00. The Labute approximate surface area is 136 Å². The normalized spacial score (nSPS) is 20.3. The molecular weight excluding hydrogens is 322 g/mol. The van der Waals surface area contributed by atoms with E-state index < -0.39 is 16.0 Å². The molecule has 1 aliphatic rings. The molecule has 0 saturated carbocycles. The van der Waals surface area contributed by atoms with E-state index in [1.165, 1.54) is 0 Å². The molecule has 0 aromatic carbocycles. The van der Waals surface area contributed by atoms with Crippen LogP contribution in [0.15, 0.2) is 15.4 Å². The van der Waals surface area contributed by atoms with Gasteiger partial charge in [0.1, 0.15) is 10.7 Å². The summed E-state index contributed by atoms with van der Waals surface area (Å²) in [5.74, 6) is -1.51. The fourth-order valence-electron chi connectivity index (χ4n) is 2.76. The number of carboxylic acids is 1. The Hall–Kier alpha value is -1.38.